The topological polar surface area (TPSA) is 64.4 Å². The van der Waals surface area contributed by atoms with E-state index in [1.807, 2.05) is 17.0 Å². The first-order valence-corrected chi connectivity index (χ1v) is 11.3. The summed E-state index contributed by atoms with van der Waals surface area (Å²) in [6, 6.07) is 10.4. The van der Waals surface area contributed by atoms with Crippen LogP contribution < -0.4 is 10.3 Å². The van der Waals surface area contributed by atoms with E-state index in [1.54, 1.807) is 19.1 Å². The van der Waals surface area contributed by atoms with Gasteiger partial charge in [0.25, 0.3) is 11.5 Å². The van der Waals surface area contributed by atoms with Gasteiger partial charge in [0.2, 0.25) is 5.88 Å². The molecule has 2 heterocycles. The molecule has 0 aliphatic carbocycles. The highest BCUT2D eigenvalue weighted by Crippen LogP contribution is 2.21. The molecular weight excluding hydrogens is 496 g/mol. The number of amides is 1. The monoisotopic (exact) mass is 517 g/mol. The highest BCUT2D eigenvalue weighted by Gasteiger charge is 2.20. The summed E-state index contributed by atoms with van der Waals surface area (Å²) in [4.78, 5) is 31.6. The molecule has 0 radical (unpaired) electrons. The van der Waals surface area contributed by atoms with E-state index in [4.69, 9.17) is 4.74 Å². The highest BCUT2D eigenvalue weighted by atomic mass is 79.9. The number of ether oxygens (including phenoxy) is 1. The molecule has 0 N–H and O–H groups in total. The Labute approximate surface area is 198 Å². The van der Waals surface area contributed by atoms with Crippen molar-refractivity contribution in [3.63, 3.8) is 0 Å². The minimum atomic E-state index is -0.733. The van der Waals surface area contributed by atoms with Gasteiger partial charge in [0, 0.05) is 30.3 Å². The van der Waals surface area contributed by atoms with Crippen LogP contribution in [-0.2, 0) is 13.2 Å². The first kappa shape index (κ1) is 23.1. The molecule has 6 nitrogen and oxygen atoms in total. The quantitative estimate of drug-likeness (QED) is 0.484. The fourth-order valence-electron chi connectivity index (χ4n) is 3.72. The smallest absolute Gasteiger partial charge is 0.272 e. The zero-order chi connectivity index (χ0) is 23.5. The Morgan fingerprint density at radius 2 is 1.82 bits per heavy atom. The summed E-state index contributed by atoms with van der Waals surface area (Å²) >= 11 is 3.23. The Morgan fingerprint density at radius 1 is 1.12 bits per heavy atom. The molecule has 172 valence electrons. The number of hydrogen-bond acceptors (Lipinski definition) is 4. The van der Waals surface area contributed by atoms with Crippen LogP contribution in [0.1, 0.15) is 40.2 Å². The van der Waals surface area contributed by atoms with E-state index in [0.29, 0.717) is 11.4 Å². The summed E-state index contributed by atoms with van der Waals surface area (Å²) in [5.41, 5.74) is 1.26. The van der Waals surface area contributed by atoms with Gasteiger partial charge in [-0.15, -0.1) is 0 Å². The van der Waals surface area contributed by atoms with Gasteiger partial charge < -0.3 is 9.64 Å². The van der Waals surface area contributed by atoms with Gasteiger partial charge in [-0.2, -0.15) is 4.98 Å². The van der Waals surface area contributed by atoms with Crippen LogP contribution in [0.25, 0.3) is 0 Å². The number of likely N-dealkylation sites (tertiary alicyclic amines) is 1. The largest absolute Gasteiger partial charge is 0.472 e. The molecule has 1 aromatic heterocycles. The van der Waals surface area contributed by atoms with Crippen LogP contribution >= 0.6 is 15.9 Å². The lowest BCUT2D eigenvalue weighted by Gasteiger charge is -2.16. The van der Waals surface area contributed by atoms with Crippen molar-refractivity contribution in [1.29, 1.82) is 0 Å². The van der Waals surface area contributed by atoms with Gasteiger partial charge in [-0.1, -0.05) is 12.1 Å². The number of rotatable bonds is 6. The normalized spacial score (nSPS) is 13.4. The van der Waals surface area contributed by atoms with Gasteiger partial charge in [-0.3, -0.25) is 14.2 Å². The second-order valence-electron chi connectivity index (χ2n) is 7.89. The zero-order valence-electron chi connectivity index (χ0n) is 18.0. The molecule has 1 saturated heterocycles. The lowest BCUT2D eigenvalue weighted by atomic mass is 10.1. The average molecular weight is 518 g/mol. The third kappa shape index (κ3) is 5.13. The van der Waals surface area contributed by atoms with Crippen LogP contribution in [0.3, 0.4) is 0 Å². The van der Waals surface area contributed by atoms with Gasteiger partial charge in [-0.25, -0.2) is 8.78 Å². The molecule has 0 spiro atoms. The first-order chi connectivity index (χ1) is 15.8. The lowest BCUT2D eigenvalue weighted by Crippen LogP contribution is -2.27. The summed E-state index contributed by atoms with van der Waals surface area (Å²) in [5.74, 6) is -0.944. The molecule has 1 fully saturated rings. The van der Waals surface area contributed by atoms with Gasteiger partial charge in [0.1, 0.15) is 28.5 Å². The van der Waals surface area contributed by atoms with Gasteiger partial charge in [0.15, 0.2) is 0 Å². The fourth-order valence-corrected chi connectivity index (χ4v) is 4.14. The number of nitrogens with zero attached hydrogens (tertiary/aromatic N) is 3. The Hall–Kier alpha value is -3.07. The predicted molar refractivity (Wildman–Crippen MR) is 122 cm³/mol. The molecule has 4 rings (SSSR count). The second kappa shape index (κ2) is 9.82. The van der Waals surface area contributed by atoms with Crippen molar-refractivity contribution in [3.05, 3.63) is 91.4 Å². The maximum atomic E-state index is 13.8. The van der Waals surface area contributed by atoms with Crippen LogP contribution in [0.15, 0.2) is 51.7 Å². The highest BCUT2D eigenvalue weighted by molar-refractivity contribution is 9.10. The van der Waals surface area contributed by atoms with Crippen molar-refractivity contribution in [2.45, 2.75) is 32.9 Å². The van der Waals surface area contributed by atoms with E-state index in [1.165, 1.54) is 10.6 Å². The fraction of sp³-hybridized carbons (Fsp3) is 0.292. The van der Waals surface area contributed by atoms with E-state index < -0.39 is 11.6 Å². The van der Waals surface area contributed by atoms with Crippen LogP contribution in [0.4, 0.5) is 8.78 Å². The molecule has 1 aliphatic rings. The van der Waals surface area contributed by atoms with E-state index in [2.05, 4.69) is 20.9 Å². The van der Waals surface area contributed by atoms with Gasteiger partial charge >= 0.3 is 0 Å². The number of benzene rings is 2. The Morgan fingerprint density at radius 3 is 2.48 bits per heavy atom. The van der Waals surface area contributed by atoms with E-state index >= 15 is 0 Å². The molecule has 0 unspecified atom stereocenters. The molecule has 1 amide bonds. The van der Waals surface area contributed by atoms with E-state index in [-0.39, 0.29) is 40.5 Å². The number of aromatic nitrogens is 2. The van der Waals surface area contributed by atoms with Crippen molar-refractivity contribution >= 4 is 21.8 Å². The van der Waals surface area contributed by atoms with Crippen LogP contribution in [0.5, 0.6) is 5.88 Å². The third-order valence-electron chi connectivity index (χ3n) is 5.59. The van der Waals surface area contributed by atoms with Crippen molar-refractivity contribution < 1.29 is 18.3 Å². The van der Waals surface area contributed by atoms with E-state index in [9.17, 15) is 18.4 Å². The Bertz CT molecular complexity index is 1240. The number of carbonyl (C=O) groups is 1. The van der Waals surface area contributed by atoms with Crippen LogP contribution in [-0.4, -0.2) is 33.4 Å². The Balaban J connectivity index is 1.49. The van der Waals surface area contributed by atoms with Crippen LogP contribution in [0, 0.1) is 18.6 Å². The van der Waals surface area contributed by atoms with Crippen LogP contribution in [0.2, 0.25) is 0 Å². The molecule has 0 bridgehead atoms. The van der Waals surface area contributed by atoms with Gasteiger partial charge in [0.05, 0.1) is 6.54 Å². The summed E-state index contributed by atoms with van der Waals surface area (Å²) in [7, 11) is 0. The number of carbonyl (C=O) groups excluding carboxylic acids is 1. The minimum absolute atomic E-state index is 0.0240. The molecule has 33 heavy (non-hydrogen) atoms. The summed E-state index contributed by atoms with van der Waals surface area (Å²) in [5, 5.41) is 0. The molecular formula is C24H22BrF2N3O3. The minimum Gasteiger partial charge on any atom is -0.472 e. The van der Waals surface area contributed by atoms with Crippen molar-refractivity contribution in [2.24, 2.45) is 0 Å². The van der Waals surface area contributed by atoms with Crippen molar-refractivity contribution in [3.8, 4) is 5.88 Å². The number of hydrogen-bond donors (Lipinski definition) is 0. The number of aryl methyl sites for hydroxylation is 1. The predicted octanol–water partition coefficient (Wildman–Crippen LogP) is 4.46. The third-order valence-corrected chi connectivity index (χ3v) is 6.27. The zero-order valence-corrected chi connectivity index (χ0v) is 19.6. The lowest BCUT2D eigenvalue weighted by molar-refractivity contribution is 0.0793. The molecule has 3 aromatic rings. The van der Waals surface area contributed by atoms with Crippen molar-refractivity contribution in [1.82, 2.24) is 14.5 Å². The summed E-state index contributed by atoms with van der Waals surface area (Å²) in [6.07, 6.45) is 2.07. The molecule has 0 atom stereocenters. The SMILES string of the molecule is Cc1nc(OCc2ccc(F)cc2F)c(Br)c(=O)n1Cc1ccc(C(=O)N2CCCC2)cc1. The van der Waals surface area contributed by atoms with E-state index in [0.717, 1.165) is 43.6 Å². The van der Waals surface area contributed by atoms with Crippen molar-refractivity contribution in [2.75, 3.05) is 13.1 Å². The first-order valence-electron chi connectivity index (χ1n) is 10.6. The standard InChI is InChI=1S/C24H22BrF2N3O3/c1-15-28-22(33-14-18-8-9-19(26)12-20(18)27)21(25)24(32)30(15)13-16-4-6-17(7-5-16)23(31)29-10-2-3-11-29/h4-9,12H,2-3,10-11,13-14H2,1H3. The molecule has 2 aromatic carbocycles. The maximum Gasteiger partial charge on any atom is 0.272 e. The van der Waals surface area contributed by atoms with Gasteiger partial charge in [-0.05, 0) is 65.5 Å². The molecule has 9 heteroatoms. The average Bonchev–Trinajstić information content (AvgIpc) is 3.34. The number of halogens is 3. The molecule has 1 aliphatic heterocycles. The molecule has 0 saturated carbocycles. The Kier molecular flexibility index (Phi) is 6.88. The summed E-state index contributed by atoms with van der Waals surface area (Å²) in [6.45, 7) is 3.31. The second-order valence-corrected chi connectivity index (χ2v) is 8.68. The maximum absolute atomic E-state index is 13.8. The summed E-state index contributed by atoms with van der Waals surface area (Å²) < 4.78 is 34.0.